The van der Waals surface area contributed by atoms with Crippen molar-refractivity contribution < 1.29 is 9.59 Å². The van der Waals surface area contributed by atoms with E-state index in [9.17, 15) is 14.4 Å². The van der Waals surface area contributed by atoms with Gasteiger partial charge in [-0.25, -0.2) is 14.7 Å². The molecule has 0 bridgehead atoms. The zero-order chi connectivity index (χ0) is 18.2. The van der Waals surface area contributed by atoms with Gasteiger partial charge in [0.05, 0.1) is 0 Å². The fourth-order valence-corrected chi connectivity index (χ4v) is 3.22. The summed E-state index contributed by atoms with van der Waals surface area (Å²) in [6.45, 7) is 2.55. The van der Waals surface area contributed by atoms with Crippen molar-refractivity contribution in [1.82, 2.24) is 25.4 Å². The summed E-state index contributed by atoms with van der Waals surface area (Å²) in [6, 6.07) is 8.46. The van der Waals surface area contributed by atoms with Gasteiger partial charge in [0, 0.05) is 13.6 Å². The highest BCUT2D eigenvalue weighted by Gasteiger charge is 2.26. The van der Waals surface area contributed by atoms with Gasteiger partial charge in [-0.2, -0.15) is 0 Å². The molecule has 2 aromatic rings. The Kier molecular flexibility index (Phi) is 6.81. The van der Waals surface area contributed by atoms with Crippen molar-refractivity contribution in [3.05, 3.63) is 46.4 Å². The van der Waals surface area contributed by atoms with Gasteiger partial charge in [-0.3, -0.25) is 14.7 Å². The molecule has 0 unspecified atom stereocenters. The molecule has 25 heavy (non-hydrogen) atoms. The van der Waals surface area contributed by atoms with Crippen LogP contribution in [0.15, 0.2) is 40.3 Å². The first-order chi connectivity index (χ1) is 12.1. The van der Waals surface area contributed by atoms with Crippen LogP contribution in [0.25, 0.3) is 0 Å². The Hall–Kier alpha value is -2.55. The molecule has 1 heterocycles. The number of rotatable bonds is 7. The molecule has 1 aromatic heterocycles. The zero-order valence-electron chi connectivity index (χ0n) is 14.1. The molecule has 0 saturated heterocycles. The van der Waals surface area contributed by atoms with Crippen LogP contribution in [-0.4, -0.2) is 33.8 Å². The first-order valence-corrected chi connectivity index (χ1v) is 8.84. The van der Waals surface area contributed by atoms with E-state index in [1.54, 1.807) is 12.1 Å². The van der Waals surface area contributed by atoms with Crippen LogP contribution in [0.3, 0.4) is 0 Å². The van der Waals surface area contributed by atoms with E-state index in [1.807, 2.05) is 25.1 Å². The number of hydrogen-bond donors (Lipinski definition) is 3. The van der Waals surface area contributed by atoms with E-state index in [2.05, 4.69) is 20.8 Å². The standard InChI is InChI=1S/C16H21N5O3S/c1-3-4-10-21-15(24)19-20-16(21)25-12(11-8-6-5-7-9-11)13(22)18-14(23)17-2/h5-9,12H,3-4,10H2,1-2H3,(H,19,24)(H2,17,18,22,23)/t12-/m1/s1. The fraction of sp³-hybridized carbons (Fsp3) is 0.375. The van der Waals surface area contributed by atoms with E-state index >= 15 is 0 Å². The molecule has 3 amide bonds. The Morgan fingerprint density at radius 2 is 2.04 bits per heavy atom. The number of carbonyl (C=O) groups is 2. The Morgan fingerprint density at radius 3 is 2.68 bits per heavy atom. The lowest BCUT2D eigenvalue weighted by molar-refractivity contribution is -0.119. The summed E-state index contributed by atoms with van der Waals surface area (Å²) in [7, 11) is 1.43. The van der Waals surface area contributed by atoms with Gasteiger partial charge in [-0.05, 0) is 12.0 Å². The number of benzene rings is 1. The highest BCUT2D eigenvalue weighted by molar-refractivity contribution is 8.00. The number of carbonyl (C=O) groups excluding carboxylic acids is 2. The Bertz CT molecular complexity index is 772. The minimum absolute atomic E-state index is 0.311. The molecule has 3 N–H and O–H groups in total. The predicted octanol–water partition coefficient (Wildman–Crippen LogP) is 1.66. The Balaban J connectivity index is 2.29. The van der Waals surface area contributed by atoms with Crippen molar-refractivity contribution in [1.29, 1.82) is 0 Å². The third kappa shape index (κ3) is 4.96. The van der Waals surface area contributed by atoms with E-state index in [4.69, 9.17) is 0 Å². The maximum atomic E-state index is 12.5. The topological polar surface area (TPSA) is 109 Å². The predicted molar refractivity (Wildman–Crippen MR) is 95.4 cm³/mol. The van der Waals surface area contributed by atoms with Gasteiger partial charge in [0.2, 0.25) is 5.91 Å². The van der Waals surface area contributed by atoms with E-state index in [-0.39, 0.29) is 5.69 Å². The minimum Gasteiger partial charge on any atom is -0.341 e. The van der Waals surface area contributed by atoms with Gasteiger partial charge in [-0.15, -0.1) is 5.10 Å². The van der Waals surface area contributed by atoms with Crippen molar-refractivity contribution >= 4 is 23.7 Å². The monoisotopic (exact) mass is 363 g/mol. The van der Waals surface area contributed by atoms with Crippen LogP contribution < -0.4 is 16.3 Å². The van der Waals surface area contributed by atoms with Crippen molar-refractivity contribution in [2.75, 3.05) is 7.05 Å². The van der Waals surface area contributed by atoms with Crippen molar-refractivity contribution in [3.8, 4) is 0 Å². The lowest BCUT2D eigenvalue weighted by Gasteiger charge is -2.16. The van der Waals surface area contributed by atoms with Gasteiger partial charge >= 0.3 is 11.7 Å². The number of aromatic nitrogens is 3. The summed E-state index contributed by atoms with van der Waals surface area (Å²) in [5, 5.41) is 10.8. The number of H-pyrrole nitrogens is 1. The molecule has 2 rings (SSSR count). The molecule has 0 spiro atoms. The molecule has 0 fully saturated rings. The molecule has 8 nitrogen and oxygen atoms in total. The summed E-state index contributed by atoms with van der Waals surface area (Å²) in [5.74, 6) is -0.479. The summed E-state index contributed by atoms with van der Waals surface area (Å²) in [6.07, 6.45) is 1.76. The lowest BCUT2D eigenvalue weighted by atomic mass is 10.1. The second-order valence-electron chi connectivity index (χ2n) is 5.29. The van der Waals surface area contributed by atoms with E-state index in [0.29, 0.717) is 17.3 Å². The maximum absolute atomic E-state index is 12.5. The number of urea groups is 1. The molecule has 0 aliphatic rings. The van der Waals surface area contributed by atoms with Gasteiger partial charge in [0.15, 0.2) is 5.16 Å². The maximum Gasteiger partial charge on any atom is 0.343 e. The molecule has 0 radical (unpaired) electrons. The molecule has 1 atom stereocenters. The van der Waals surface area contributed by atoms with Crippen LogP contribution in [0.5, 0.6) is 0 Å². The Morgan fingerprint density at radius 1 is 1.32 bits per heavy atom. The number of amides is 3. The number of nitrogens with zero attached hydrogens (tertiary/aromatic N) is 2. The number of nitrogens with one attached hydrogen (secondary N) is 3. The molecular weight excluding hydrogens is 342 g/mol. The number of unbranched alkanes of at least 4 members (excludes halogenated alkanes) is 1. The first kappa shape index (κ1) is 18.8. The highest BCUT2D eigenvalue weighted by atomic mass is 32.2. The van der Waals surface area contributed by atoms with Crippen LogP contribution in [0, 0.1) is 0 Å². The van der Waals surface area contributed by atoms with Crippen molar-refractivity contribution in [2.24, 2.45) is 0 Å². The fourth-order valence-electron chi connectivity index (χ4n) is 2.15. The molecule has 1 aromatic carbocycles. The normalized spacial score (nSPS) is 11.8. The second-order valence-corrected chi connectivity index (χ2v) is 6.37. The number of thioether (sulfide) groups is 1. The average molecular weight is 363 g/mol. The Labute approximate surface area is 149 Å². The molecule has 0 aliphatic heterocycles. The number of imide groups is 1. The smallest absolute Gasteiger partial charge is 0.341 e. The SMILES string of the molecule is CCCCn1c(S[C@@H](C(=O)NC(=O)NC)c2ccccc2)n[nH]c1=O. The highest BCUT2D eigenvalue weighted by Crippen LogP contribution is 2.33. The van der Waals surface area contributed by atoms with E-state index < -0.39 is 17.2 Å². The van der Waals surface area contributed by atoms with Gasteiger partial charge < -0.3 is 5.32 Å². The van der Waals surface area contributed by atoms with Gasteiger partial charge in [0.25, 0.3) is 0 Å². The van der Waals surface area contributed by atoms with Crippen LogP contribution in [0.2, 0.25) is 0 Å². The summed E-state index contributed by atoms with van der Waals surface area (Å²) in [5.41, 5.74) is 0.404. The largest absolute Gasteiger partial charge is 0.343 e. The van der Waals surface area contributed by atoms with E-state index in [0.717, 1.165) is 24.6 Å². The number of hydrogen-bond acceptors (Lipinski definition) is 5. The molecular formula is C16H21N5O3S. The quantitative estimate of drug-likeness (QED) is 0.648. The average Bonchev–Trinajstić information content (AvgIpc) is 2.97. The van der Waals surface area contributed by atoms with Gasteiger partial charge in [-0.1, -0.05) is 55.4 Å². The first-order valence-electron chi connectivity index (χ1n) is 7.96. The minimum atomic E-state index is -0.714. The molecule has 9 heteroatoms. The third-order valence-corrected chi connectivity index (χ3v) is 4.73. The zero-order valence-corrected chi connectivity index (χ0v) is 14.9. The van der Waals surface area contributed by atoms with Crippen LogP contribution in [-0.2, 0) is 11.3 Å². The molecule has 134 valence electrons. The lowest BCUT2D eigenvalue weighted by Crippen LogP contribution is -2.39. The van der Waals surface area contributed by atoms with Crippen LogP contribution >= 0.6 is 11.8 Å². The van der Waals surface area contributed by atoms with Gasteiger partial charge in [0.1, 0.15) is 5.25 Å². The van der Waals surface area contributed by atoms with Crippen molar-refractivity contribution in [2.45, 2.75) is 36.7 Å². The summed E-state index contributed by atoms with van der Waals surface area (Å²) < 4.78 is 1.51. The summed E-state index contributed by atoms with van der Waals surface area (Å²) >= 11 is 1.13. The molecule has 0 saturated carbocycles. The summed E-state index contributed by atoms with van der Waals surface area (Å²) in [4.78, 5) is 35.9. The van der Waals surface area contributed by atoms with E-state index in [1.165, 1.54) is 11.6 Å². The molecule has 0 aliphatic carbocycles. The number of aromatic amines is 1. The van der Waals surface area contributed by atoms with Crippen LogP contribution in [0.1, 0.15) is 30.6 Å². The third-order valence-electron chi connectivity index (χ3n) is 3.49. The second kappa shape index (κ2) is 9.07. The van der Waals surface area contributed by atoms with Crippen LogP contribution in [0.4, 0.5) is 4.79 Å². The van der Waals surface area contributed by atoms with Crippen molar-refractivity contribution in [3.63, 3.8) is 0 Å².